The van der Waals surface area contributed by atoms with Crippen molar-refractivity contribution in [3.8, 4) is 6.07 Å². The Morgan fingerprint density at radius 3 is 2.50 bits per heavy atom. The van der Waals surface area contributed by atoms with Gasteiger partial charge in [0, 0.05) is 50.1 Å². The molecular formula is C34H37Cl2N5O3. The molecule has 0 saturated carbocycles. The third-order valence-electron chi connectivity index (χ3n) is 8.86. The molecule has 2 heterocycles. The Balaban J connectivity index is 1.36. The largest absolute Gasteiger partial charge is 0.368 e. The minimum absolute atomic E-state index is 0.167. The maximum absolute atomic E-state index is 14.1. The molecule has 1 atom stereocenters. The molecule has 0 spiro atoms. The minimum atomic E-state index is -0.624. The number of halogens is 2. The predicted octanol–water partition coefficient (Wildman–Crippen LogP) is 5.60. The Labute approximate surface area is 268 Å². The number of likely N-dealkylation sites (tertiary alicyclic amines) is 2. The summed E-state index contributed by atoms with van der Waals surface area (Å²) in [6.45, 7) is 3.37. The van der Waals surface area contributed by atoms with Crippen molar-refractivity contribution in [2.75, 3.05) is 39.3 Å². The Kier molecular flexibility index (Phi) is 10.4. The molecule has 2 aliphatic heterocycles. The molecule has 5 rings (SSSR count). The van der Waals surface area contributed by atoms with Crippen LogP contribution in [-0.4, -0.2) is 77.7 Å². The van der Waals surface area contributed by atoms with Crippen molar-refractivity contribution in [1.29, 1.82) is 5.26 Å². The molecule has 10 heteroatoms. The van der Waals surface area contributed by atoms with E-state index >= 15 is 0 Å². The monoisotopic (exact) mass is 633 g/mol. The lowest BCUT2D eigenvalue weighted by Gasteiger charge is -2.40. The Morgan fingerprint density at radius 1 is 1.02 bits per heavy atom. The van der Waals surface area contributed by atoms with E-state index in [2.05, 4.69) is 15.9 Å². The molecular weight excluding hydrogens is 597 g/mol. The number of primary amides is 1. The van der Waals surface area contributed by atoms with Crippen molar-refractivity contribution in [2.24, 2.45) is 5.73 Å². The lowest BCUT2D eigenvalue weighted by Crippen LogP contribution is -2.49. The second-order valence-electron chi connectivity index (χ2n) is 11.8. The van der Waals surface area contributed by atoms with Crippen LogP contribution in [0.15, 0.2) is 54.6 Å². The van der Waals surface area contributed by atoms with Crippen LogP contribution in [0.5, 0.6) is 0 Å². The quantitative estimate of drug-likeness (QED) is 0.313. The SMILES string of the molecule is N#Cc1cc(C(=O)N(CC(N)=O)C[C@@H](CCN2CCC(N3CCCCC3=O)CC2)c2ccc(Cl)c(Cl)c2)c2ccccc2c1. The van der Waals surface area contributed by atoms with E-state index in [4.69, 9.17) is 28.9 Å². The highest BCUT2D eigenvalue weighted by Crippen LogP contribution is 2.31. The third-order valence-corrected chi connectivity index (χ3v) is 9.60. The van der Waals surface area contributed by atoms with Crippen LogP contribution in [-0.2, 0) is 9.59 Å². The molecule has 0 aromatic heterocycles. The highest BCUT2D eigenvalue weighted by Gasteiger charge is 2.30. The molecule has 0 radical (unpaired) electrons. The van der Waals surface area contributed by atoms with Crippen molar-refractivity contribution in [1.82, 2.24) is 14.7 Å². The van der Waals surface area contributed by atoms with Crippen molar-refractivity contribution in [3.05, 3.63) is 81.3 Å². The molecule has 3 aromatic carbocycles. The number of amides is 3. The zero-order chi connectivity index (χ0) is 31.2. The molecule has 0 aliphatic carbocycles. The zero-order valence-electron chi connectivity index (χ0n) is 24.7. The van der Waals surface area contributed by atoms with E-state index in [0.29, 0.717) is 45.4 Å². The molecule has 3 aromatic rings. The molecule has 2 N–H and O–H groups in total. The smallest absolute Gasteiger partial charge is 0.255 e. The number of carbonyl (C=O) groups excluding carboxylic acids is 3. The molecule has 0 unspecified atom stereocenters. The third kappa shape index (κ3) is 7.52. The van der Waals surface area contributed by atoms with Gasteiger partial charge in [0.15, 0.2) is 0 Å². The molecule has 8 nitrogen and oxygen atoms in total. The number of nitrogens with zero attached hydrogens (tertiary/aromatic N) is 4. The molecule has 230 valence electrons. The second-order valence-corrected chi connectivity index (χ2v) is 12.6. The van der Waals surface area contributed by atoms with Crippen LogP contribution in [0.3, 0.4) is 0 Å². The van der Waals surface area contributed by atoms with Gasteiger partial charge in [-0.15, -0.1) is 0 Å². The van der Waals surface area contributed by atoms with E-state index in [1.807, 2.05) is 36.4 Å². The summed E-state index contributed by atoms with van der Waals surface area (Å²) in [5.74, 6) is -0.878. The summed E-state index contributed by atoms with van der Waals surface area (Å²) in [4.78, 5) is 44.7. The topological polar surface area (TPSA) is 111 Å². The van der Waals surface area contributed by atoms with Crippen LogP contribution in [0.4, 0.5) is 0 Å². The number of hydrogen-bond donors (Lipinski definition) is 1. The van der Waals surface area contributed by atoms with Gasteiger partial charge in [-0.05, 0) is 79.3 Å². The molecule has 0 bridgehead atoms. The van der Waals surface area contributed by atoms with Gasteiger partial charge < -0.3 is 20.4 Å². The molecule has 3 amide bonds. The van der Waals surface area contributed by atoms with Gasteiger partial charge in [0.05, 0.1) is 28.2 Å². The van der Waals surface area contributed by atoms with Crippen LogP contribution in [0.2, 0.25) is 10.0 Å². The second kappa shape index (κ2) is 14.4. The predicted molar refractivity (Wildman–Crippen MR) is 173 cm³/mol. The maximum Gasteiger partial charge on any atom is 0.255 e. The van der Waals surface area contributed by atoms with Crippen LogP contribution in [0.25, 0.3) is 10.8 Å². The summed E-state index contributed by atoms with van der Waals surface area (Å²) >= 11 is 12.7. The van der Waals surface area contributed by atoms with Crippen molar-refractivity contribution in [2.45, 2.75) is 50.5 Å². The number of hydrogen-bond acceptors (Lipinski definition) is 5. The van der Waals surface area contributed by atoms with Gasteiger partial charge in [-0.25, -0.2) is 0 Å². The summed E-state index contributed by atoms with van der Waals surface area (Å²) in [6, 6.07) is 18.6. The number of benzene rings is 3. The molecule has 2 aliphatic rings. The number of rotatable bonds is 10. The molecule has 44 heavy (non-hydrogen) atoms. The summed E-state index contributed by atoms with van der Waals surface area (Å²) < 4.78 is 0. The van der Waals surface area contributed by atoms with E-state index < -0.39 is 5.91 Å². The van der Waals surface area contributed by atoms with Crippen LogP contribution >= 0.6 is 23.2 Å². The van der Waals surface area contributed by atoms with E-state index in [-0.39, 0.29) is 30.8 Å². The van der Waals surface area contributed by atoms with E-state index in [9.17, 15) is 19.6 Å². The summed E-state index contributed by atoms with van der Waals surface area (Å²) in [6.07, 6.45) is 5.30. The number of fused-ring (bicyclic) bond motifs is 1. The Bertz CT molecular complexity index is 1580. The lowest BCUT2D eigenvalue weighted by atomic mass is 9.93. The van der Waals surface area contributed by atoms with Gasteiger partial charge in [-0.1, -0.05) is 53.5 Å². The van der Waals surface area contributed by atoms with Gasteiger partial charge in [0.2, 0.25) is 11.8 Å². The molecule has 2 fully saturated rings. The highest BCUT2D eigenvalue weighted by atomic mass is 35.5. The van der Waals surface area contributed by atoms with Gasteiger partial charge >= 0.3 is 0 Å². The zero-order valence-corrected chi connectivity index (χ0v) is 26.2. The van der Waals surface area contributed by atoms with Gasteiger partial charge in [-0.3, -0.25) is 14.4 Å². The summed E-state index contributed by atoms with van der Waals surface area (Å²) in [7, 11) is 0. The lowest BCUT2D eigenvalue weighted by molar-refractivity contribution is -0.136. The fourth-order valence-electron chi connectivity index (χ4n) is 6.53. The normalized spacial score (nSPS) is 16.9. The van der Waals surface area contributed by atoms with Gasteiger partial charge in [0.25, 0.3) is 5.91 Å². The van der Waals surface area contributed by atoms with Gasteiger partial charge in [-0.2, -0.15) is 5.26 Å². The summed E-state index contributed by atoms with van der Waals surface area (Å²) in [5.41, 5.74) is 7.27. The van der Waals surface area contributed by atoms with E-state index in [0.717, 1.165) is 62.8 Å². The minimum Gasteiger partial charge on any atom is -0.368 e. The van der Waals surface area contributed by atoms with Crippen LogP contribution < -0.4 is 5.73 Å². The van der Waals surface area contributed by atoms with Crippen molar-refractivity contribution >= 4 is 51.7 Å². The van der Waals surface area contributed by atoms with E-state index in [1.54, 1.807) is 18.2 Å². The fraction of sp³-hybridized carbons (Fsp3) is 0.412. The number of carbonyl (C=O) groups is 3. The standard InChI is InChI=1S/C34H37Cl2N5O3/c35-30-9-8-24(19-31(30)36)26(10-14-39-15-11-27(12-16-39)41-13-4-3-7-33(41)43)21-40(22-32(38)42)34(44)29-18-23(20-37)17-25-5-1-2-6-28(25)29/h1-2,5-6,8-9,17-19,26-27H,3-4,7,10-16,21-22H2,(H2,38,42)/t26-/m1/s1. The van der Waals surface area contributed by atoms with Crippen LogP contribution in [0, 0.1) is 11.3 Å². The number of nitrogens with two attached hydrogens (primary N) is 1. The maximum atomic E-state index is 14.1. The van der Waals surface area contributed by atoms with Gasteiger partial charge in [0.1, 0.15) is 0 Å². The number of nitriles is 1. The average molecular weight is 635 g/mol. The first-order valence-corrected chi connectivity index (χ1v) is 16.0. The Morgan fingerprint density at radius 2 is 1.80 bits per heavy atom. The highest BCUT2D eigenvalue weighted by molar-refractivity contribution is 6.42. The first-order valence-electron chi connectivity index (χ1n) is 15.2. The van der Waals surface area contributed by atoms with Crippen LogP contribution in [0.1, 0.15) is 65.9 Å². The van der Waals surface area contributed by atoms with Crippen molar-refractivity contribution in [3.63, 3.8) is 0 Å². The van der Waals surface area contributed by atoms with Crippen molar-refractivity contribution < 1.29 is 14.4 Å². The average Bonchev–Trinajstić information content (AvgIpc) is 3.03. The fourth-order valence-corrected chi connectivity index (χ4v) is 6.84. The molecule has 2 saturated heterocycles. The van der Waals surface area contributed by atoms with E-state index in [1.165, 1.54) is 4.90 Å². The summed E-state index contributed by atoms with van der Waals surface area (Å²) in [5, 5.41) is 12.0. The first-order chi connectivity index (χ1) is 21.2. The first kappa shape index (κ1) is 31.8. The Hall–Kier alpha value is -3.64. The number of piperidine rings is 2.